The number of benzene rings is 3. The van der Waals surface area contributed by atoms with Gasteiger partial charge in [0.25, 0.3) is 5.91 Å². The first-order valence-corrected chi connectivity index (χ1v) is 14.3. The van der Waals surface area contributed by atoms with Gasteiger partial charge in [0, 0.05) is 54.4 Å². The van der Waals surface area contributed by atoms with E-state index >= 15 is 0 Å². The van der Waals surface area contributed by atoms with E-state index in [1.165, 1.54) is 5.69 Å². The third-order valence-corrected chi connectivity index (χ3v) is 7.14. The van der Waals surface area contributed by atoms with Crippen LogP contribution in [0.3, 0.4) is 0 Å². The van der Waals surface area contributed by atoms with Gasteiger partial charge in [-0.2, -0.15) is 0 Å². The van der Waals surface area contributed by atoms with E-state index in [1.807, 2.05) is 69.4 Å². The van der Waals surface area contributed by atoms with Crippen LogP contribution in [0.5, 0.6) is 0 Å². The second-order valence-electron chi connectivity index (χ2n) is 9.49. The summed E-state index contributed by atoms with van der Waals surface area (Å²) in [7, 11) is 0. The number of carbonyl (C=O) groups excluding carboxylic acids is 1. The van der Waals surface area contributed by atoms with Gasteiger partial charge in [-0.3, -0.25) is 4.79 Å². The number of rotatable bonds is 8. The third kappa shape index (κ3) is 6.72. The number of nitrogens with zero attached hydrogens (tertiary/aromatic N) is 3. The molecule has 0 spiro atoms. The monoisotopic (exact) mass is 539 g/mol. The lowest BCUT2D eigenvalue weighted by molar-refractivity contribution is 0.102. The molecule has 1 aromatic heterocycles. The molecule has 0 unspecified atom stereocenters. The molecule has 4 aromatic rings. The zero-order valence-electron chi connectivity index (χ0n) is 24.3. The third-order valence-electron chi connectivity index (χ3n) is 7.14. The summed E-state index contributed by atoms with van der Waals surface area (Å²) in [5, 5.41) is 3.04. The molecule has 0 aliphatic carbocycles. The molecule has 7 heteroatoms. The highest BCUT2D eigenvalue weighted by molar-refractivity contribution is 6.04. The van der Waals surface area contributed by atoms with Crippen molar-refractivity contribution in [2.75, 3.05) is 54.5 Å². The van der Waals surface area contributed by atoms with E-state index in [0.717, 1.165) is 79.0 Å². The van der Waals surface area contributed by atoms with Gasteiger partial charge in [-0.15, -0.1) is 0 Å². The SMILES string of the molecule is CC.CCN(CC)c1ccc(-c2cnc(-c3cc(NC(=O)c4ccc(N5CCOCC5)cc4)ccc3C)[nH]2)cc1. The van der Waals surface area contributed by atoms with Crippen molar-refractivity contribution in [2.45, 2.75) is 34.6 Å². The molecule has 2 heterocycles. The Bertz CT molecular complexity index is 1370. The van der Waals surface area contributed by atoms with Crippen molar-refractivity contribution in [3.8, 4) is 22.6 Å². The first-order valence-electron chi connectivity index (χ1n) is 14.3. The summed E-state index contributed by atoms with van der Waals surface area (Å²) in [5.41, 5.74) is 7.76. The highest BCUT2D eigenvalue weighted by Gasteiger charge is 2.14. The van der Waals surface area contributed by atoms with Crippen molar-refractivity contribution in [1.82, 2.24) is 9.97 Å². The smallest absolute Gasteiger partial charge is 0.255 e. The number of aryl methyl sites for hydroxylation is 1. The second kappa shape index (κ2) is 13.8. The van der Waals surface area contributed by atoms with Crippen LogP contribution in [-0.4, -0.2) is 55.3 Å². The van der Waals surface area contributed by atoms with Crippen LogP contribution < -0.4 is 15.1 Å². The predicted octanol–water partition coefficient (Wildman–Crippen LogP) is 7.01. The Morgan fingerprint density at radius 2 is 1.65 bits per heavy atom. The van der Waals surface area contributed by atoms with Crippen molar-refractivity contribution in [3.63, 3.8) is 0 Å². The van der Waals surface area contributed by atoms with Gasteiger partial charge in [0.05, 0.1) is 25.1 Å². The van der Waals surface area contributed by atoms with E-state index < -0.39 is 0 Å². The highest BCUT2D eigenvalue weighted by Crippen LogP contribution is 2.28. The van der Waals surface area contributed by atoms with Gasteiger partial charge in [0.1, 0.15) is 5.82 Å². The largest absolute Gasteiger partial charge is 0.378 e. The zero-order valence-corrected chi connectivity index (χ0v) is 24.3. The molecule has 0 atom stereocenters. The molecular weight excluding hydrogens is 498 g/mol. The van der Waals surface area contributed by atoms with Crippen LogP contribution in [0.4, 0.5) is 17.1 Å². The van der Waals surface area contributed by atoms with Gasteiger partial charge in [-0.1, -0.05) is 32.0 Å². The molecule has 0 saturated carbocycles. The molecule has 40 heavy (non-hydrogen) atoms. The first kappa shape index (κ1) is 28.9. The summed E-state index contributed by atoms with van der Waals surface area (Å²) in [5.74, 6) is 0.637. The van der Waals surface area contributed by atoms with Gasteiger partial charge < -0.3 is 24.8 Å². The van der Waals surface area contributed by atoms with E-state index in [4.69, 9.17) is 4.74 Å². The fourth-order valence-electron chi connectivity index (χ4n) is 4.85. The Morgan fingerprint density at radius 3 is 2.30 bits per heavy atom. The maximum absolute atomic E-state index is 13.0. The molecular formula is C33H41N5O2. The second-order valence-corrected chi connectivity index (χ2v) is 9.49. The molecule has 7 nitrogen and oxygen atoms in total. The number of carbonyl (C=O) groups is 1. The molecule has 1 amide bonds. The number of H-pyrrole nitrogens is 1. The number of morpholine rings is 1. The van der Waals surface area contributed by atoms with Crippen LogP contribution in [0.25, 0.3) is 22.6 Å². The molecule has 2 N–H and O–H groups in total. The number of amides is 1. The summed E-state index contributed by atoms with van der Waals surface area (Å²) in [6, 6.07) is 22.2. The van der Waals surface area contributed by atoms with Crippen molar-refractivity contribution in [2.24, 2.45) is 0 Å². The van der Waals surface area contributed by atoms with Gasteiger partial charge in [0.2, 0.25) is 0 Å². The first-order chi connectivity index (χ1) is 19.6. The van der Waals surface area contributed by atoms with E-state index in [1.54, 1.807) is 0 Å². The lowest BCUT2D eigenvalue weighted by Gasteiger charge is -2.28. The lowest BCUT2D eigenvalue weighted by Crippen LogP contribution is -2.36. The number of aromatic amines is 1. The van der Waals surface area contributed by atoms with Crippen LogP contribution in [0, 0.1) is 6.92 Å². The fourth-order valence-corrected chi connectivity index (χ4v) is 4.85. The predicted molar refractivity (Wildman–Crippen MR) is 167 cm³/mol. The molecule has 1 saturated heterocycles. The minimum Gasteiger partial charge on any atom is -0.378 e. The number of aromatic nitrogens is 2. The van der Waals surface area contributed by atoms with Crippen molar-refractivity contribution < 1.29 is 9.53 Å². The number of nitrogens with one attached hydrogen (secondary N) is 2. The Labute approximate surface area is 238 Å². The quantitative estimate of drug-likeness (QED) is 0.252. The van der Waals surface area contributed by atoms with E-state index in [-0.39, 0.29) is 5.91 Å². The Kier molecular flexibility index (Phi) is 9.97. The van der Waals surface area contributed by atoms with Crippen LogP contribution in [0.15, 0.2) is 72.9 Å². The average molecular weight is 540 g/mol. The number of imidazole rings is 1. The van der Waals surface area contributed by atoms with Crippen LogP contribution in [-0.2, 0) is 4.74 Å². The van der Waals surface area contributed by atoms with Gasteiger partial charge in [-0.05, 0) is 80.4 Å². The zero-order chi connectivity index (χ0) is 28.5. The molecule has 0 bridgehead atoms. The summed E-state index contributed by atoms with van der Waals surface area (Å²) in [4.78, 5) is 25.7. The van der Waals surface area contributed by atoms with Gasteiger partial charge in [0.15, 0.2) is 0 Å². The molecule has 3 aromatic carbocycles. The van der Waals surface area contributed by atoms with E-state index in [9.17, 15) is 4.79 Å². The minimum absolute atomic E-state index is 0.137. The number of hydrogen-bond acceptors (Lipinski definition) is 5. The maximum Gasteiger partial charge on any atom is 0.255 e. The molecule has 1 aliphatic rings. The maximum atomic E-state index is 13.0. The summed E-state index contributed by atoms with van der Waals surface area (Å²) in [6.07, 6.45) is 1.86. The fraction of sp³-hybridized carbons (Fsp3) is 0.333. The normalized spacial score (nSPS) is 12.9. The van der Waals surface area contributed by atoms with Crippen LogP contribution in [0.1, 0.15) is 43.6 Å². The molecule has 1 aliphatic heterocycles. The standard InChI is InChI=1S/C31H35N5O2.C2H6/c1-4-35(5-2)26-12-7-23(8-13-26)29-21-32-30(34-29)28-20-25(11-6-22(28)3)33-31(37)24-9-14-27(15-10-24)36-16-18-38-19-17-36;1-2/h6-15,20-21H,4-5,16-19H2,1-3H3,(H,32,34)(H,33,37);1-2H3. The molecule has 0 radical (unpaired) electrons. The minimum atomic E-state index is -0.137. The summed E-state index contributed by atoms with van der Waals surface area (Å²) >= 11 is 0. The van der Waals surface area contributed by atoms with E-state index in [2.05, 4.69) is 63.2 Å². The summed E-state index contributed by atoms with van der Waals surface area (Å²) < 4.78 is 5.43. The lowest BCUT2D eigenvalue weighted by atomic mass is 10.1. The van der Waals surface area contributed by atoms with Crippen LogP contribution >= 0.6 is 0 Å². The number of anilines is 3. The molecule has 5 rings (SSSR count). The van der Waals surface area contributed by atoms with Crippen LogP contribution in [0.2, 0.25) is 0 Å². The Morgan fingerprint density at radius 1 is 0.975 bits per heavy atom. The highest BCUT2D eigenvalue weighted by atomic mass is 16.5. The van der Waals surface area contributed by atoms with Gasteiger partial charge in [-0.25, -0.2) is 4.98 Å². The molecule has 1 fully saturated rings. The van der Waals surface area contributed by atoms with Crippen molar-refractivity contribution >= 4 is 23.0 Å². The average Bonchev–Trinajstić information content (AvgIpc) is 3.51. The Hall–Kier alpha value is -4.10. The van der Waals surface area contributed by atoms with E-state index in [0.29, 0.717) is 5.56 Å². The number of ether oxygens (including phenoxy) is 1. The van der Waals surface area contributed by atoms with Crippen molar-refractivity contribution in [3.05, 3.63) is 84.1 Å². The topological polar surface area (TPSA) is 73.5 Å². The summed E-state index contributed by atoms with van der Waals surface area (Å²) in [6.45, 7) is 15.6. The van der Waals surface area contributed by atoms with Crippen molar-refractivity contribution in [1.29, 1.82) is 0 Å². The number of hydrogen-bond donors (Lipinski definition) is 2. The molecule has 210 valence electrons. The van der Waals surface area contributed by atoms with Gasteiger partial charge >= 0.3 is 0 Å². The Balaban J connectivity index is 0.00000181.